The highest BCUT2D eigenvalue weighted by molar-refractivity contribution is 7.91. The lowest BCUT2D eigenvalue weighted by Gasteiger charge is -2.22. The number of nitro groups is 1. The number of carbonyl (C=O) groups is 3. The number of hydrogen-bond acceptors (Lipinski definition) is 13. The van der Waals surface area contributed by atoms with Crippen molar-refractivity contribution < 1.29 is 46.7 Å². The van der Waals surface area contributed by atoms with Gasteiger partial charge in [-0.25, -0.2) is 18.0 Å². The molecule has 0 bridgehead atoms. The SMILES string of the molecule is CCN(CC)c1ccc(NC(=O)Oc2c(C)cc([N+](=O)[O-])cc2C(=O)Nc2ccc(OC)cc2OC(=O)OCCS(=O)(=O)c2ccc(C#N)cc2)c(C)c1. The molecule has 0 heterocycles. The van der Waals surface area contributed by atoms with Crippen LogP contribution in [0.2, 0.25) is 0 Å². The van der Waals surface area contributed by atoms with E-state index in [1.165, 1.54) is 56.5 Å². The Balaban J connectivity index is 1.53. The molecule has 0 saturated heterocycles. The third-order valence-electron chi connectivity index (χ3n) is 8.03. The number of hydrogen-bond donors (Lipinski definition) is 2. The molecule has 0 aliphatic heterocycles. The number of benzene rings is 4. The number of amides is 2. The fourth-order valence-corrected chi connectivity index (χ4v) is 6.27. The molecule has 16 nitrogen and oxygen atoms in total. The lowest BCUT2D eigenvalue weighted by molar-refractivity contribution is -0.384. The van der Waals surface area contributed by atoms with Crippen LogP contribution in [-0.4, -0.2) is 64.1 Å². The number of anilines is 3. The van der Waals surface area contributed by atoms with Crippen LogP contribution >= 0.6 is 0 Å². The number of nitrogens with one attached hydrogen (secondary N) is 2. The Morgan fingerprint density at radius 3 is 2.19 bits per heavy atom. The van der Waals surface area contributed by atoms with Gasteiger partial charge in [-0.2, -0.15) is 5.26 Å². The molecule has 2 amide bonds. The first-order chi connectivity index (χ1) is 25.7. The number of nitriles is 1. The number of aryl methyl sites for hydroxylation is 2. The lowest BCUT2D eigenvalue weighted by Crippen LogP contribution is -2.23. The average Bonchev–Trinajstić information content (AvgIpc) is 3.14. The monoisotopic (exact) mass is 759 g/mol. The minimum absolute atomic E-state index is 0.0758. The molecule has 0 unspecified atom stereocenters. The molecule has 0 aliphatic carbocycles. The molecule has 0 fully saturated rings. The molecule has 17 heteroatoms. The highest BCUT2D eigenvalue weighted by Gasteiger charge is 2.25. The van der Waals surface area contributed by atoms with Gasteiger partial charge in [-0.05, 0) is 93.4 Å². The van der Waals surface area contributed by atoms with Gasteiger partial charge in [0.15, 0.2) is 15.6 Å². The molecule has 4 aromatic rings. The number of rotatable bonds is 14. The van der Waals surface area contributed by atoms with E-state index in [2.05, 4.69) is 15.5 Å². The van der Waals surface area contributed by atoms with Gasteiger partial charge in [-0.1, -0.05) is 0 Å². The summed E-state index contributed by atoms with van der Waals surface area (Å²) < 4.78 is 46.3. The van der Waals surface area contributed by atoms with Crippen LogP contribution in [0.4, 0.5) is 32.3 Å². The van der Waals surface area contributed by atoms with Crippen molar-refractivity contribution in [3.8, 4) is 23.3 Å². The van der Waals surface area contributed by atoms with Gasteiger partial charge in [-0.3, -0.25) is 20.2 Å². The Bertz CT molecular complexity index is 2210. The summed E-state index contributed by atoms with van der Waals surface area (Å²) in [5.41, 5.74) is 1.56. The zero-order valence-electron chi connectivity index (χ0n) is 30.0. The van der Waals surface area contributed by atoms with E-state index in [1.807, 2.05) is 39.0 Å². The van der Waals surface area contributed by atoms with Crippen molar-refractivity contribution in [1.82, 2.24) is 0 Å². The number of carbonyl (C=O) groups excluding carboxylic acids is 3. The summed E-state index contributed by atoms with van der Waals surface area (Å²) in [5, 5.41) is 25.8. The average molecular weight is 760 g/mol. The summed E-state index contributed by atoms with van der Waals surface area (Å²) in [7, 11) is -2.54. The third-order valence-corrected chi connectivity index (χ3v) is 9.72. The van der Waals surface area contributed by atoms with Gasteiger partial charge in [0.2, 0.25) is 0 Å². The molecule has 0 atom stereocenters. The van der Waals surface area contributed by atoms with Crippen molar-refractivity contribution in [2.45, 2.75) is 32.6 Å². The van der Waals surface area contributed by atoms with E-state index < -0.39 is 51.0 Å². The smallest absolute Gasteiger partial charge is 0.497 e. The van der Waals surface area contributed by atoms with Crippen LogP contribution in [0.25, 0.3) is 0 Å². The van der Waals surface area contributed by atoms with E-state index in [4.69, 9.17) is 24.2 Å². The van der Waals surface area contributed by atoms with E-state index in [0.717, 1.165) is 36.5 Å². The van der Waals surface area contributed by atoms with E-state index in [-0.39, 0.29) is 44.5 Å². The fraction of sp³-hybridized carbons (Fsp3) is 0.243. The van der Waals surface area contributed by atoms with Crippen LogP contribution in [-0.2, 0) is 14.6 Å². The molecule has 0 spiro atoms. The summed E-state index contributed by atoms with van der Waals surface area (Å²) in [5.74, 6) is -1.92. The zero-order chi connectivity index (χ0) is 39.6. The van der Waals surface area contributed by atoms with Crippen LogP contribution < -0.4 is 29.7 Å². The molecule has 0 radical (unpaired) electrons. The van der Waals surface area contributed by atoms with Crippen LogP contribution in [0.1, 0.15) is 40.9 Å². The van der Waals surface area contributed by atoms with Crippen molar-refractivity contribution in [3.63, 3.8) is 0 Å². The standard InChI is InChI=1S/C37H37N5O11S/c1-6-41(7-2)26-10-14-31(23(3)18-26)40-36(44)53-34-24(4)19-27(42(46)47)20-30(34)35(43)39-32-15-11-28(50-5)21-33(32)52-37(45)51-16-17-54(48,49)29-12-8-25(22-38)9-13-29/h8-15,18-21H,6-7,16-17H2,1-5H3,(H,39,43)(H,40,44). The Morgan fingerprint density at radius 2 is 1.57 bits per heavy atom. The first kappa shape index (κ1) is 40.1. The molecule has 4 aromatic carbocycles. The highest BCUT2D eigenvalue weighted by atomic mass is 32.2. The molecular weight excluding hydrogens is 722 g/mol. The van der Waals surface area contributed by atoms with Crippen molar-refractivity contribution >= 4 is 50.7 Å². The highest BCUT2D eigenvalue weighted by Crippen LogP contribution is 2.34. The van der Waals surface area contributed by atoms with Gasteiger partial charge in [0, 0.05) is 42.7 Å². The van der Waals surface area contributed by atoms with E-state index >= 15 is 0 Å². The fourth-order valence-electron chi connectivity index (χ4n) is 5.18. The first-order valence-corrected chi connectivity index (χ1v) is 18.0. The Labute approximate surface area is 311 Å². The van der Waals surface area contributed by atoms with Gasteiger partial charge >= 0.3 is 12.2 Å². The molecule has 0 aliphatic rings. The van der Waals surface area contributed by atoms with Gasteiger partial charge in [0.1, 0.15) is 18.1 Å². The van der Waals surface area contributed by atoms with Crippen molar-refractivity contribution in [1.29, 1.82) is 5.26 Å². The first-order valence-electron chi connectivity index (χ1n) is 16.4. The number of methoxy groups -OCH3 is 1. The molecular formula is C37H37N5O11S. The number of nitro benzene ring substituents is 1. The largest absolute Gasteiger partial charge is 0.513 e. The summed E-state index contributed by atoms with van der Waals surface area (Å²) in [4.78, 5) is 52.6. The topological polar surface area (TPSA) is 216 Å². The zero-order valence-corrected chi connectivity index (χ0v) is 30.8. The van der Waals surface area contributed by atoms with Crippen LogP contribution in [0, 0.1) is 35.3 Å². The number of nitrogens with zero attached hydrogens (tertiary/aromatic N) is 3. The van der Waals surface area contributed by atoms with E-state index in [9.17, 15) is 32.9 Å². The summed E-state index contributed by atoms with van der Waals surface area (Å²) >= 11 is 0. The predicted octanol–water partition coefficient (Wildman–Crippen LogP) is 6.79. The third kappa shape index (κ3) is 10.0. The normalized spacial score (nSPS) is 10.7. The number of ether oxygens (including phenoxy) is 4. The predicted molar refractivity (Wildman–Crippen MR) is 198 cm³/mol. The van der Waals surface area contributed by atoms with Crippen LogP contribution in [0.5, 0.6) is 17.2 Å². The van der Waals surface area contributed by atoms with Gasteiger partial charge in [0.05, 0.1) is 45.6 Å². The Morgan fingerprint density at radius 1 is 0.889 bits per heavy atom. The quantitative estimate of drug-likeness (QED) is 0.0587. The molecule has 54 heavy (non-hydrogen) atoms. The minimum atomic E-state index is -3.88. The van der Waals surface area contributed by atoms with Gasteiger partial charge < -0.3 is 29.2 Å². The minimum Gasteiger partial charge on any atom is -0.497 e. The van der Waals surface area contributed by atoms with E-state index in [0.29, 0.717) is 5.69 Å². The Kier molecular flexibility index (Phi) is 13.1. The number of sulfone groups is 1. The summed E-state index contributed by atoms with van der Waals surface area (Å²) in [6, 6.07) is 18.6. The molecule has 4 rings (SSSR count). The van der Waals surface area contributed by atoms with Gasteiger partial charge in [-0.15, -0.1) is 0 Å². The Hall–Kier alpha value is -6.67. The van der Waals surface area contributed by atoms with Gasteiger partial charge in [0.25, 0.3) is 11.6 Å². The van der Waals surface area contributed by atoms with Crippen molar-refractivity contribution in [2.24, 2.45) is 0 Å². The lowest BCUT2D eigenvalue weighted by atomic mass is 10.1. The maximum Gasteiger partial charge on any atom is 0.513 e. The van der Waals surface area contributed by atoms with Crippen LogP contribution in [0.3, 0.4) is 0 Å². The summed E-state index contributed by atoms with van der Waals surface area (Å²) in [6.45, 7) is 8.27. The molecule has 2 N–H and O–H groups in total. The van der Waals surface area contributed by atoms with Crippen molar-refractivity contribution in [2.75, 3.05) is 48.1 Å². The van der Waals surface area contributed by atoms with Crippen molar-refractivity contribution in [3.05, 3.63) is 105 Å². The summed E-state index contributed by atoms with van der Waals surface area (Å²) in [6.07, 6.45) is -2.28. The molecule has 282 valence electrons. The van der Waals surface area contributed by atoms with Crippen LogP contribution in [0.15, 0.2) is 77.7 Å². The molecule has 0 aromatic heterocycles. The second-order valence-corrected chi connectivity index (χ2v) is 13.7. The second-order valence-electron chi connectivity index (χ2n) is 11.6. The number of non-ortho nitro benzene ring substituents is 1. The maximum atomic E-state index is 13.7. The maximum absolute atomic E-state index is 13.7. The second kappa shape index (κ2) is 17.7. The molecule has 0 saturated carbocycles. The van der Waals surface area contributed by atoms with E-state index in [1.54, 1.807) is 6.07 Å².